The van der Waals surface area contributed by atoms with Crippen LogP contribution in [0.3, 0.4) is 0 Å². The van der Waals surface area contributed by atoms with Gasteiger partial charge in [0, 0.05) is 62.3 Å². The molecule has 0 N–H and O–H groups in total. The van der Waals surface area contributed by atoms with E-state index < -0.39 is 0 Å². The number of benzene rings is 2. The zero-order valence-electron chi connectivity index (χ0n) is 21.8. The molecule has 0 aliphatic heterocycles. The van der Waals surface area contributed by atoms with Gasteiger partial charge in [0.1, 0.15) is 13.1 Å². The number of rotatable bonds is 12. The van der Waals surface area contributed by atoms with Crippen molar-refractivity contribution in [2.45, 2.75) is 32.4 Å². The molecule has 4 aromatic rings. The smallest absolute Gasteiger partial charge is 0.169 e. The first kappa shape index (κ1) is 25.8. The van der Waals surface area contributed by atoms with Crippen LogP contribution in [0.4, 0.5) is 11.4 Å². The molecule has 0 atom stereocenters. The van der Waals surface area contributed by atoms with Crippen LogP contribution in [0.15, 0.2) is 120 Å². The van der Waals surface area contributed by atoms with E-state index in [1.165, 1.54) is 6.42 Å². The van der Waals surface area contributed by atoms with Crippen LogP contribution >= 0.6 is 0 Å². The summed E-state index contributed by atoms with van der Waals surface area (Å²) in [6.45, 7) is 2.05. The zero-order valence-corrected chi connectivity index (χ0v) is 21.8. The molecule has 4 rings (SSSR count). The molecule has 188 valence electrons. The average Bonchev–Trinajstić information content (AvgIpc) is 2.96. The normalized spacial score (nSPS) is 11.3. The van der Waals surface area contributed by atoms with Gasteiger partial charge in [0.15, 0.2) is 24.8 Å². The number of pyridine rings is 2. The predicted octanol–water partition coefficient (Wildman–Crippen LogP) is 5.07. The van der Waals surface area contributed by atoms with Gasteiger partial charge >= 0.3 is 0 Å². The third-order valence-corrected chi connectivity index (χ3v) is 6.19. The Balaban J connectivity index is 1.14. The Bertz CT molecular complexity index is 1150. The number of aromatic nitrogens is 2. The van der Waals surface area contributed by atoms with Crippen molar-refractivity contribution in [3.63, 3.8) is 0 Å². The summed E-state index contributed by atoms with van der Waals surface area (Å²) in [5.74, 6) is 0. The summed E-state index contributed by atoms with van der Waals surface area (Å²) in [4.78, 5) is 0. The van der Waals surface area contributed by atoms with Crippen LogP contribution in [0.2, 0.25) is 0 Å². The highest BCUT2D eigenvalue weighted by Crippen LogP contribution is 2.12. The van der Waals surface area contributed by atoms with Crippen LogP contribution in [-0.2, 0) is 13.1 Å². The number of unbranched alkanes of at least 4 members (excludes halogenated alkanes) is 2. The summed E-state index contributed by atoms with van der Waals surface area (Å²) < 4.78 is 4.48. The number of anilines is 2. The average molecular weight is 493 g/mol. The summed E-state index contributed by atoms with van der Waals surface area (Å²) in [5.41, 5.74) is 4.32. The predicted molar refractivity (Wildman–Crippen MR) is 152 cm³/mol. The molecule has 2 aromatic carbocycles. The van der Waals surface area contributed by atoms with E-state index in [4.69, 9.17) is 0 Å². The van der Waals surface area contributed by atoms with Crippen molar-refractivity contribution in [3.8, 4) is 0 Å². The van der Waals surface area contributed by atoms with Crippen LogP contribution in [-0.4, -0.2) is 26.5 Å². The third kappa shape index (κ3) is 8.39. The standard InChI is InChI=1S/C31H36N6/c1-34(30-12-6-3-7-13-30)32-26-28-16-22-36(23-17-28)20-10-5-11-21-37-24-18-29(19-25-37)27-33-35(2)31-14-8-4-9-15-31/h3-4,6-9,12-19,22-27H,5,10-11,20-21H2,1-2H3/q+2. The topological polar surface area (TPSA) is 39.0 Å². The molecule has 0 saturated heterocycles. The molecule has 0 aliphatic rings. The van der Waals surface area contributed by atoms with Gasteiger partial charge in [-0.05, 0) is 30.7 Å². The molecule has 0 saturated carbocycles. The summed E-state index contributed by atoms with van der Waals surface area (Å²) in [7, 11) is 3.92. The van der Waals surface area contributed by atoms with E-state index in [-0.39, 0.29) is 0 Å². The molecule has 0 unspecified atom stereocenters. The van der Waals surface area contributed by atoms with Crippen molar-refractivity contribution < 1.29 is 9.13 Å². The highest BCUT2D eigenvalue weighted by atomic mass is 15.4. The van der Waals surface area contributed by atoms with Gasteiger partial charge in [-0.25, -0.2) is 9.13 Å². The van der Waals surface area contributed by atoms with Crippen LogP contribution in [0.5, 0.6) is 0 Å². The van der Waals surface area contributed by atoms with Crippen molar-refractivity contribution in [3.05, 3.63) is 121 Å². The molecule has 0 fully saturated rings. The fourth-order valence-corrected chi connectivity index (χ4v) is 3.90. The monoisotopic (exact) mass is 492 g/mol. The number of hydrogen-bond acceptors (Lipinski definition) is 4. The maximum Gasteiger partial charge on any atom is 0.169 e. The Kier molecular flexibility index (Phi) is 9.53. The van der Waals surface area contributed by atoms with Gasteiger partial charge < -0.3 is 0 Å². The Morgan fingerprint density at radius 1 is 0.541 bits per heavy atom. The van der Waals surface area contributed by atoms with E-state index in [9.17, 15) is 0 Å². The lowest BCUT2D eigenvalue weighted by molar-refractivity contribution is -0.701. The van der Waals surface area contributed by atoms with Gasteiger partial charge in [0.2, 0.25) is 0 Å². The Hall–Kier alpha value is -4.32. The third-order valence-electron chi connectivity index (χ3n) is 6.19. The number of nitrogens with zero attached hydrogens (tertiary/aromatic N) is 6. The fraction of sp³-hybridized carbons (Fsp3) is 0.226. The Morgan fingerprint density at radius 3 is 1.30 bits per heavy atom. The SMILES string of the molecule is CN(N=Cc1cc[n+](CCCCC[n+]2ccc(C=NN(C)c3ccccc3)cc2)cc1)c1ccccc1. The van der Waals surface area contributed by atoms with Crippen molar-refractivity contribution in [2.75, 3.05) is 24.1 Å². The van der Waals surface area contributed by atoms with Gasteiger partial charge in [-0.1, -0.05) is 36.4 Å². The van der Waals surface area contributed by atoms with Crippen LogP contribution in [0, 0.1) is 0 Å². The lowest BCUT2D eigenvalue weighted by atomic mass is 10.2. The van der Waals surface area contributed by atoms with Gasteiger partial charge in [0.05, 0.1) is 23.8 Å². The molecule has 0 aliphatic carbocycles. The van der Waals surface area contributed by atoms with Gasteiger partial charge in [-0.3, -0.25) is 10.0 Å². The lowest BCUT2D eigenvalue weighted by Crippen LogP contribution is -2.34. The van der Waals surface area contributed by atoms with Gasteiger partial charge in [-0.2, -0.15) is 10.2 Å². The number of para-hydroxylation sites is 2. The molecular formula is C31H36N6+2. The van der Waals surface area contributed by atoms with E-state index in [1.54, 1.807) is 0 Å². The summed E-state index contributed by atoms with van der Waals surface area (Å²) in [6, 6.07) is 28.7. The first-order valence-electron chi connectivity index (χ1n) is 12.8. The van der Waals surface area contributed by atoms with Crippen LogP contribution in [0.25, 0.3) is 0 Å². The molecular weight excluding hydrogens is 456 g/mol. The quantitative estimate of drug-likeness (QED) is 0.120. The van der Waals surface area contributed by atoms with Crippen LogP contribution in [0.1, 0.15) is 30.4 Å². The Morgan fingerprint density at radius 2 is 0.919 bits per heavy atom. The molecule has 6 heteroatoms. The molecule has 0 radical (unpaired) electrons. The zero-order chi connectivity index (χ0) is 25.7. The molecule has 2 aromatic heterocycles. The second-order valence-corrected chi connectivity index (χ2v) is 9.01. The van der Waals surface area contributed by atoms with Crippen LogP contribution < -0.4 is 19.2 Å². The first-order chi connectivity index (χ1) is 18.2. The molecule has 6 nitrogen and oxygen atoms in total. The van der Waals surface area contributed by atoms with Crippen molar-refractivity contribution in [1.29, 1.82) is 0 Å². The van der Waals surface area contributed by atoms with Crippen molar-refractivity contribution in [1.82, 2.24) is 0 Å². The maximum absolute atomic E-state index is 4.53. The highest BCUT2D eigenvalue weighted by molar-refractivity contribution is 5.80. The molecule has 0 amide bonds. The second-order valence-electron chi connectivity index (χ2n) is 9.01. The minimum absolute atomic E-state index is 1.02. The van der Waals surface area contributed by atoms with Crippen molar-refractivity contribution >= 4 is 23.8 Å². The minimum Gasteiger partial charge on any atom is -0.269 e. The van der Waals surface area contributed by atoms with Crippen molar-refractivity contribution in [2.24, 2.45) is 10.2 Å². The van der Waals surface area contributed by atoms with E-state index in [1.807, 2.05) is 97.2 Å². The second kappa shape index (κ2) is 13.7. The maximum atomic E-state index is 4.53. The van der Waals surface area contributed by atoms with E-state index in [0.717, 1.165) is 48.4 Å². The summed E-state index contributed by atoms with van der Waals surface area (Å²) in [5, 5.41) is 12.8. The number of hydrogen-bond donors (Lipinski definition) is 0. The van der Waals surface area contributed by atoms with E-state index >= 15 is 0 Å². The summed E-state index contributed by atoms with van der Waals surface area (Å²) >= 11 is 0. The molecule has 0 spiro atoms. The minimum atomic E-state index is 1.02. The van der Waals surface area contributed by atoms with Gasteiger partial charge in [-0.15, -0.1) is 0 Å². The first-order valence-corrected chi connectivity index (χ1v) is 12.8. The summed E-state index contributed by atoms with van der Waals surface area (Å²) in [6.07, 6.45) is 15.8. The molecule has 37 heavy (non-hydrogen) atoms. The van der Waals surface area contributed by atoms with Gasteiger partial charge in [0.25, 0.3) is 0 Å². The molecule has 2 heterocycles. The lowest BCUT2D eigenvalue weighted by Gasteiger charge is -2.11. The highest BCUT2D eigenvalue weighted by Gasteiger charge is 2.04. The van der Waals surface area contributed by atoms with E-state index in [0.29, 0.717) is 0 Å². The molecule has 0 bridgehead atoms. The van der Waals surface area contributed by atoms with E-state index in [2.05, 4.69) is 68.4 Å². The Labute approximate surface area is 220 Å². The largest absolute Gasteiger partial charge is 0.269 e. The number of hydrazone groups is 2. The fourth-order valence-electron chi connectivity index (χ4n) is 3.90. The number of aryl methyl sites for hydroxylation is 2.